The lowest BCUT2D eigenvalue weighted by Gasteiger charge is -2.12. The maximum absolute atomic E-state index is 12.2. The van der Waals surface area contributed by atoms with Crippen LogP contribution in [0.5, 0.6) is 5.75 Å². The molecule has 0 saturated carbocycles. The molecule has 3 rings (SSSR count). The van der Waals surface area contributed by atoms with Gasteiger partial charge in [-0.1, -0.05) is 18.2 Å². The number of nitrogens with one attached hydrogen (secondary N) is 2. The lowest BCUT2D eigenvalue weighted by Crippen LogP contribution is -2.31. The monoisotopic (exact) mass is 296 g/mol. The molecule has 2 N–H and O–H groups in total. The Morgan fingerprint density at radius 2 is 1.64 bits per heavy atom. The van der Waals surface area contributed by atoms with E-state index in [9.17, 15) is 9.59 Å². The minimum atomic E-state index is -0.507. The molecule has 5 heteroatoms. The third kappa shape index (κ3) is 3.09. The Kier molecular flexibility index (Phi) is 3.78. The van der Waals surface area contributed by atoms with Gasteiger partial charge in [-0.25, -0.2) is 0 Å². The van der Waals surface area contributed by atoms with E-state index in [-0.39, 0.29) is 11.8 Å². The average molecular weight is 296 g/mol. The molecule has 0 radical (unpaired) electrons. The third-order valence-electron chi connectivity index (χ3n) is 3.41. The number of benzene rings is 2. The van der Waals surface area contributed by atoms with Crippen molar-refractivity contribution in [3.05, 3.63) is 54.1 Å². The number of hydrogen-bond donors (Lipinski definition) is 2. The van der Waals surface area contributed by atoms with E-state index in [2.05, 4.69) is 10.6 Å². The maximum atomic E-state index is 12.2. The van der Waals surface area contributed by atoms with Gasteiger partial charge in [0.1, 0.15) is 5.75 Å². The fourth-order valence-corrected chi connectivity index (χ4v) is 2.39. The number of para-hydroxylation sites is 1. The van der Waals surface area contributed by atoms with Crippen molar-refractivity contribution in [2.45, 2.75) is 19.4 Å². The molecular formula is C17H16N2O3. The van der Waals surface area contributed by atoms with E-state index in [1.165, 1.54) is 6.92 Å². The van der Waals surface area contributed by atoms with Gasteiger partial charge in [0, 0.05) is 24.7 Å². The summed E-state index contributed by atoms with van der Waals surface area (Å²) in [5.41, 5.74) is 2.40. The molecule has 0 aromatic heterocycles. The summed E-state index contributed by atoms with van der Waals surface area (Å²) in [6.07, 6.45) is 0.0684. The summed E-state index contributed by atoms with van der Waals surface area (Å²) < 4.78 is 5.65. The number of ether oxygens (including phenoxy) is 1. The van der Waals surface area contributed by atoms with Crippen LogP contribution in [0.25, 0.3) is 0 Å². The molecule has 1 atom stereocenters. The zero-order valence-corrected chi connectivity index (χ0v) is 12.1. The van der Waals surface area contributed by atoms with Gasteiger partial charge in [-0.15, -0.1) is 0 Å². The van der Waals surface area contributed by atoms with Crippen molar-refractivity contribution in [1.29, 1.82) is 0 Å². The van der Waals surface area contributed by atoms with Crippen LogP contribution in [0.2, 0.25) is 0 Å². The third-order valence-corrected chi connectivity index (χ3v) is 3.41. The van der Waals surface area contributed by atoms with E-state index in [4.69, 9.17) is 4.74 Å². The van der Waals surface area contributed by atoms with Crippen molar-refractivity contribution < 1.29 is 14.3 Å². The Labute approximate surface area is 128 Å². The topological polar surface area (TPSA) is 67.4 Å². The predicted octanol–water partition coefficient (Wildman–Crippen LogP) is 2.59. The van der Waals surface area contributed by atoms with Crippen molar-refractivity contribution in [2.24, 2.45) is 0 Å². The second-order valence-electron chi connectivity index (χ2n) is 5.17. The molecule has 0 saturated heterocycles. The van der Waals surface area contributed by atoms with E-state index in [1.54, 1.807) is 24.3 Å². The van der Waals surface area contributed by atoms with Gasteiger partial charge in [-0.05, 0) is 35.9 Å². The standard InChI is InChI=1S/C17H16N2O3/c1-11(20)18-13-6-8-14(9-7-13)19-17(21)16-10-12-4-2-3-5-15(12)22-16/h2-9,16H,10H2,1H3,(H,18,20)(H,19,21). The molecule has 2 amide bonds. The van der Waals surface area contributed by atoms with Crippen LogP contribution in [0, 0.1) is 0 Å². The molecule has 0 aliphatic carbocycles. The summed E-state index contributed by atoms with van der Waals surface area (Å²) in [6, 6.07) is 14.6. The summed E-state index contributed by atoms with van der Waals surface area (Å²) in [4.78, 5) is 23.2. The number of carbonyl (C=O) groups excluding carboxylic acids is 2. The molecule has 0 spiro atoms. The van der Waals surface area contributed by atoms with E-state index in [1.807, 2.05) is 24.3 Å². The first-order chi connectivity index (χ1) is 10.6. The number of amides is 2. The minimum absolute atomic E-state index is 0.131. The van der Waals surface area contributed by atoms with Crippen molar-refractivity contribution in [1.82, 2.24) is 0 Å². The van der Waals surface area contributed by atoms with Gasteiger partial charge in [0.05, 0.1) is 0 Å². The van der Waals surface area contributed by atoms with E-state index in [0.29, 0.717) is 17.8 Å². The highest BCUT2D eigenvalue weighted by Gasteiger charge is 2.28. The SMILES string of the molecule is CC(=O)Nc1ccc(NC(=O)C2Cc3ccccc3O2)cc1. The van der Waals surface area contributed by atoms with E-state index < -0.39 is 6.10 Å². The first-order valence-corrected chi connectivity index (χ1v) is 7.05. The van der Waals surface area contributed by atoms with Gasteiger partial charge in [0.15, 0.2) is 6.10 Å². The largest absolute Gasteiger partial charge is 0.480 e. The Morgan fingerprint density at radius 1 is 1.00 bits per heavy atom. The van der Waals surface area contributed by atoms with Crippen LogP contribution in [-0.4, -0.2) is 17.9 Å². The Bertz CT molecular complexity index is 685. The maximum Gasteiger partial charge on any atom is 0.265 e. The zero-order valence-electron chi connectivity index (χ0n) is 12.1. The van der Waals surface area contributed by atoms with Crippen molar-refractivity contribution >= 4 is 23.2 Å². The molecule has 1 aliphatic heterocycles. The average Bonchev–Trinajstić information content (AvgIpc) is 2.93. The Morgan fingerprint density at radius 3 is 2.27 bits per heavy atom. The van der Waals surface area contributed by atoms with Crippen LogP contribution in [-0.2, 0) is 16.0 Å². The molecule has 112 valence electrons. The summed E-state index contributed by atoms with van der Waals surface area (Å²) in [7, 11) is 0. The van der Waals surface area contributed by atoms with Crippen molar-refractivity contribution in [2.75, 3.05) is 10.6 Å². The highest BCUT2D eigenvalue weighted by molar-refractivity contribution is 5.95. The second-order valence-corrected chi connectivity index (χ2v) is 5.17. The van der Waals surface area contributed by atoms with Crippen molar-refractivity contribution in [3.63, 3.8) is 0 Å². The number of fused-ring (bicyclic) bond motifs is 1. The van der Waals surface area contributed by atoms with Gasteiger partial charge >= 0.3 is 0 Å². The molecule has 5 nitrogen and oxygen atoms in total. The number of rotatable bonds is 3. The van der Waals surface area contributed by atoms with E-state index in [0.717, 1.165) is 11.3 Å². The van der Waals surface area contributed by atoms with Crippen molar-refractivity contribution in [3.8, 4) is 5.75 Å². The minimum Gasteiger partial charge on any atom is -0.480 e. The normalized spacial score (nSPS) is 15.6. The lowest BCUT2D eigenvalue weighted by molar-refractivity contribution is -0.122. The lowest BCUT2D eigenvalue weighted by atomic mass is 10.1. The van der Waals surface area contributed by atoms with Gasteiger partial charge in [-0.2, -0.15) is 0 Å². The highest BCUT2D eigenvalue weighted by atomic mass is 16.5. The van der Waals surface area contributed by atoms with Crippen LogP contribution >= 0.6 is 0 Å². The summed E-state index contributed by atoms with van der Waals surface area (Å²) in [5, 5.41) is 5.50. The molecule has 0 fully saturated rings. The Balaban J connectivity index is 1.62. The zero-order chi connectivity index (χ0) is 15.5. The molecule has 1 aliphatic rings. The highest BCUT2D eigenvalue weighted by Crippen LogP contribution is 2.28. The fourth-order valence-electron chi connectivity index (χ4n) is 2.39. The number of carbonyl (C=O) groups is 2. The molecule has 2 aromatic rings. The molecular weight excluding hydrogens is 280 g/mol. The Hall–Kier alpha value is -2.82. The first-order valence-electron chi connectivity index (χ1n) is 7.05. The summed E-state index contributed by atoms with van der Waals surface area (Å²) in [5.74, 6) is 0.459. The van der Waals surface area contributed by atoms with E-state index >= 15 is 0 Å². The van der Waals surface area contributed by atoms with Crippen LogP contribution < -0.4 is 15.4 Å². The van der Waals surface area contributed by atoms with Gasteiger partial charge in [0.2, 0.25) is 5.91 Å². The second kappa shape index (κ2) is 5.89. The number of anilines is 2. The summed E-state index contributed by atoms with van der Waals surface area (Å²) in [6.45, 7) is 1.45. The molecule has 22 heavy (non-hydrogen) atoms. The molecule has 2 aromatic carbocycles. The van der Waals surface area contributed by atoms with Gasteiger partial charge in [0.25, 0.3) is 5.91 Å². The molecule has 0 bridgehead atoms. The van der Waals surface area contributed by atoms with Gasteiger partial charge in [-0.3, -0.25) is 9.59 Å². The number of hydrogen-bond acceptors (Lipinski definition) is 3. The van der Waals surface area contributed by atoms with Crippen LogP contribution in [0.1, 0.15) is 12.5 Å². The van der Waals surface area contributed by atoms with Crippen LogP contribution in [0.4, 0.5) is 11.4 Å². The predicted molar refractivity (Wildman–Crippen MR) is 83.9 cm³/mol. The molecule has 1 unspecified atom stereocenters. The molecule has 1 heterocycles. The summed E-state index contributed by atoms with van der Waals surface area (Å²) >= 11 is 0. The van der Waals surface area contributed by atoms with Crippen LogP contribution in [0.3, 0.4) is 0 Å². The quantitative estimate of drug-likeness (QED) is 0.915. The first kappa shape index (κ1) is 14.1. The fraction of sp³-hybridized carbons (Fsp3) is 0.176. The smallest absolute Gasteiger partial charge is 0.265 e. The van der Waals surface area contributed by atoms with Crippen LogP contribution in [0.15, 0.2) is 48.5 Å². The van der Waals surface area contributed by atoms with Gasteiger partial charge < -0.3 is 15.4 Å².